The van der Waals surface area contributed by atoms with Crippen molar-refractivity contribution in [2.45, 2.75) is 71.1 Å². The molecular weight excluding hydrogens is 514 g/mol. The number of esters is 1. The second-order valence-corrected chi connectivity index (χ2v) is 10.7. The van der Waals surface area contributed by atoms with E-state index >= 15 is 0 Å². The number of carbonyl (C=O) groups is 4. The van der Waals surface area contributed by atoms with Crippen molar-refractivity contribution in [1.29, 1.82) is 0 Å². The number of hydrogen-bond acceptors (Lipinski definition) is 7. The van der Waals surface area contributed by atoms with E-state index in [2.05, 4.69) is 10.6 Å². The summed E-state index contributed by atoms with van der Waals surface area (Å²) in [7, 11) is 1.27. The summed E-state index contributed by atoms with van der Waals surface area (Å²) < 4.78 is 16.2. The fourth-order valence-electron chi connectivity index (χ4n) is 4.52. The molecule has 0 aliphatic carbocycles. The number of methoxy groups -OCH3 is 1. The van der Waals surface area contributed by atoms with Gasteiger partial charge in [-0.1, -0.05) is 74.5 Å². The average molecular weight is 554 g/mol. The number of nitrogens with zero attached hydrogens (tertiary/aromatic N) is 1. The Kier molecular flexibility index (Phi) is 10.7. The number of alkyl carbamates (subject to hydrolysis) is 1. The standard InChI is InChI=1S/C30H39N3O7/c1-20(2)25(31-29(37)40-19-22-14-10-7-11-15-22)26(34)32-30(3,4)28(36)33-17-23(16-24(33)27(35)38-5)39-18-21-12-8-6-9-13-21/h6-15,20,23-25H,16-19H2,1-5H3,(H,31,37)(H,32,34)/t23-,24+,25+/m1/s1. The molecule has 1 fully saturated rings. The average Bonchev–Trinajstić information content (AvgIpc) is 3.37. The van der Waals surface area contributed by atoms with Crippen molar-refractivity contribution >= 4 is 23.9 Å². The molecule has 0 unspecified atom stereocenters. The van der Waals surface area contributed by atoms with E-state index in [1.54, 1.807) is 27.7 Å². The number of rotatable bonds is 11. The third-order valence-corrected chi connectivity index (χ3v) is 6.73. The van der Waals surface area contributed by atoms with Crippen molar-refractivity contribution < 1.29 is 33.4 Å². The molecule has 1 heterocycles. The van der Waals surface area contributed by atoms with Gasteiger partial charge in [0.1, 0.15) is 24.2 Å². The van der Waals surface area contributed by atoms with Crippen LogP contribution in [0.25, 0.3) is 0 Å². The van der Waals surface area contributed by atoms with Crippen LogP contribution in [0.4, 0.5) is 4.79 Å². The molecule has 10 heteroatoms. The Hall–Kier alpha value is -3.92. The highest BCUT2D eigenvalue weighted by Gasteiger charge is 2.46. The van der Waals surface area contributed by atoms with Crippen LogP contribution in [-0.2, 0) is 41.8 Å². The van der Waals surface area contributed by atoms with Crippen LogP contribution in [-0.4, -0.2) is 66.2 Å². The van der Waals surface area contributed by atoms with Crippen LogP contribution >= 0.6 is 0 Å². The zero-order valence-electron chi connectivity index (χ0n) is 23.7. The van der Waals surface area contributed by atoms with E-state index in [9.17, 15) is 19.2 Å². The minimum absolute atomic E-state index is 0.0560. The minimum atomic E-state index is -1.39. The van der Waals surface area contributed by atoms with Gasteiger partial charge >= 0.3 is 12.1 Å². The van der Waals surface area contributed by atoms with Gasteiger partial charge in [0.05, 0.1) is 19.8 Å². The molecule has 2 N–H and O–H groups in total. The Morgan fingerprint density at radius 3 is 2.08 bits per heavy atom. The maximum Gasteiger partial charge on any atom is 0.408 e. The number of hydrogen-bond donors (Lipinski definition) is 2. The fraction of sp³-hybridized carbons (Fsp3) is 0.467. The van der Waals surface area contributed by atoms with Crippen LogP contribution in [0, 0.1) is 5.92 Å². The van der Waals surface area contributed by atoms with E-state index in [4.69, 9.17) is 14.2 Å². The van der Waals surface area contributed by atoms with Crippen LogP contribution < -0.4 is 10.6 Å². The van der Waals surface area contributed by atoms with Gasteiger partial charge in [-0.05, 0) is 30.9 Å². The third kappa shape index (κ3) is 8.29. The van der Waals surface area contributed by atoms with Crippen molar-refractivity contribution in [1.82, 2.24) is 15.5 Å². The first kappa shape index (κ1) is 30.6. The lowest BCUT2D eigenvalue weighted by molar-refractivity contribution is -0.153. The molecule has 1 aliphatic rings. The smallest absolute Gasteiger partial charge is 0.408 e. The SMILES string of the molecule is COC(=O)[C@@H]1C[C@@H](OCc2ccccc2)CN1C(=O)C(C)(C)NC(=O)[C@@H](NC(=O)OCc1ccccc1)C(C)C. The lowest BCUT2D eigenvalue weighted by atomic mass is 9.98. The van der Waals surface area contributed by atoms with Gasteiger partial charge in [-0.3, -0.25) is 9.59 Å². The Morgan fingerprint density at radius 1 is 0.950 bits per heavy atom. The molecular formula is C30H39N3O7. The molecule has 3 rings (SSSR count). The van der Waals surface area contributed by atoms with E-state index in [-0.39, 0.29) is 31.6 Å². The van der Waals surface area contributed by atoms with Crippen molar-refractivity contribution in [2.75, 3.05) is 13.7 Å². The highest BCUT2D eigenvalue weighted by molar-refractivity contribution is 5.95. The molecule has 0 spiro atoms. The fourth-order valence-corrected chi connectivity index (χ4v) is 4.52. The topological polar surface area (TPSA) is 123 Å². The summed E-state index contributed by atoms with van der Waals surface area (Å²) in [4.78, 5) is 53.3. The maximum atomic E-state index is 13.7. The molecule has 40 heavy (non-hydrogen) atoms. The van der Waals surface area contributed by atoms with Gasteiger partial charge in [0.2, 0.25) is 11.8 Å². The maximum absolute atomic E-state index is 13.7. The van der Waals surface area contributed by atoms with E-state index in [1.807, 2.05) is 60.7 Å². The van der Waals surface area contributed by atoms with Gasteiger partial charge in [0, 0.05) is 13.0 Å². The Balaban J connectivity index is 1.63. The van der Waals surface area contributed by atoms with Gasteiger partial charge in [0.15, 0.2) is 0 Å². The molecule has 0 radical (unpaired) electrons. The first-order chi connectivity index (χ1) is 19.0. The molecule has 0 aromatic heterocycles. The molecule has 3 amide bonds. The van der Waals surface area contributed by atoms with Crippen LogP contribution in [0.2, 0.25) is 0 Å². The van der Waals surface area contributed by atoms with Gasteiger partial charge < -0.3 is 29.7 Å². The summed E-state index contributed by atoms with van der Waals surface area (Å²) in [6.07, 6.45) is -0.853. The number of benzene rings is 2. The van der Waals surface area contributed by atoms with Crippen molar-refractivity contribution in [2.24, 2.45) is 5.92 Å². The van der Waals surface area contributed by atoms with Crippen molar-refractivity contribution in [3.63, 3.8) is 0 Å². The molecule has 10 nitrogen and oxygen atoms in total. The number of ether oxygens (including phenoxy) is 3. The van der Waals surface area contributed by atoms with Gasteiger partial charge in [0.25, 0.3) is 0 Å². The number of likely N-dealkylation sites (tertiary alicyclic amines) is 1. The number of nitrogens with one attached hydrogen (secondary N) is 2. The Labute approximate surface area is 235 Å². The molecule has 3 atom stereocenters. The van der Waals surface area contributed by atoms with Crippen LogP contribution in [0.3, 0.4) is 0 Å². The normalized spacial score (nSPS) is 17.7. The first-order valence-corrected chi connectivity index (χ1v) is 13.4. The zero-order valence-corrected chi connectivity index (χ0v) is 23.7. The summed E-state index contributed by atoms with van der Waals surface area (Å²) in [6, 6.07) is 17.0. The molecule has 2 aromatic rings. The van der Waals surface area contributed by atoms with Crippen LogP contribution in [0.15, 0.2) is 60.7 Å². The zero-order chi connectivity index (χ0) is 29.3. The number of carbonyl (C=O) groups excluding carboxylic acids is 4. The highest BCUT2D eigenvalue weighted by Crippen LogP contribution is 2.26. The molecule has 0 saturated carbocycles. The van der Waals surface area contributed by atoms with E-state index < -0.39 is 41.5 Å². The first-order valence-electron chi connectivity index (χ1n) is 13.4. The molecule has 1 saturated heterocycles. The predicted octanol–water partition coefficient (Wildman–Crippen LogP) is 3.19. The number of amides is 3. The Bertz CT molecular complexity index is 1150. The van der Waals surface area contributed by atoms with Gasteiger partial charge in [-0.15, -0.1) is 0 Å². The predicted molar refractivity (Wildman–Crippen MR) is 148 cm³/mol. The summed E-state index contributed by atoms with van der Waals surface area (Å²) in [5, 5.41) is 5.35. The lowest BCUT2D eigenvalue weighted by Crippen LogP contribution is -2.62. The summed E-state index contributed by atoms with van der Waals surface area (Å²) in [6.45, 7) is 7.24. The van der Waals surface area contributed by atoms with Gasteiger partial charge in [-0.2, -0.15) is 0 Å². The van der Waals surface area contributed by atoms with E-state index in [0.717, 1.165) is 11.1 Å². The Morgan fingerprint density at radius 2 is 1.52 bits per heavy atom. The molecule has 2 aromatic carbocycles. The summed E-state index contributed by atoms with van der Waals surface area (Å²) in [5.74, 6) is -1.85. The van der Waals surface area contributed by atoms with Crippen molar-refractivity contribution in [3.8, 4) is 0 Å². The molecule has 1 aliphatic heterocycles. The van der Waals surface area contributed by atoms with Gasteiger partial charge in [-0.25, -0.2) is 9.59 Å². The minimum Gasteiger partial charge on any atom is -0.467 e. The monoisotopic (exact) mass is 553 g/mol. The largest absolute Gasteiger partial charge is 0.467 e. The highest BCUT2D eigenvalue weighted by atomic mass is 16.5. The van der Waals surface area contributed by atoms with E-state index in [1.165, 1.54) is 12.0 Å². The quantitative estimate of drug-likeness (QED) is 0.410. The van der Waals surface area contributed by atoms with Crippen molar-refractivity contribution in [3.05, 3.63) is 71.8 Å². The molecule has 216 valence electrons. The second kappa shape index (κ2) is 13.9. The lowest BCUT2D eigenvalue weighted by Gasteiger charge is -2.34. The molecule has 0 bridgehead atoms. The third-order valence-electron chi connectivity index (χ3n) is 6.73. The van der Waals surface area contributed by atoms with Crippen LogP contribution in [0.1, 0.15) is 45.2 Å². The van der Waals surface area contributed by atoms with Crippen LogP contribution in [0.5, 0.6) is 0 Å². The van der Waals surface area contributed by atoms with E-state index in [0.29, 0.717) is 6.61 Å². The summed E-state index contributed by atoms with van der Waals surface area (Å²) >= 11 is 0. The second-order valence-electron chi connectivity index (χ2n) is 10.7. The summed E-state index contributed by atoms with van der Waals surface area (Å²) in [5.41, 5.74) is 0.399.